The summed E-state index contributed by atoms with van der Waals surface area (Å²) in [6.45, 7) is 8.79. The maximum Gasteiger partial charge on any atom is 0.282 e. The van der Waals surface area contributed by atoms with Gasteiger partial charge in [-0.2, -0.15) is 17.0 Å². The molecule has 0 atom stereocenters. The Kier molecular flexibility index (Phi) is 6.43. The van der Waals surface area contributed by atoms with Crippen molar-refractivity contribution in [1.82, 2.24) is 13.9 Å². The first-order valence-corrected chi connectivity index (χ1v) is 9.46. The van der Waals surface area contributed by atoms with Crippen LogP contribution in [0.15, 0.2) is 0 Å². The van der Waals surface area contributed by atoms with Gasteiger partial charge >= 0.3 is 0 Å². The summed E-state index contributed by atoms with van der Waals surface area (Å²) in [6, 6.07) is 0.490. The fourth-order valence-corrected chi connectivity index (χ4v) is 4.53. The van der Waals surface area contributed by atoms with Gasteiger partial charge in [-0.3, -0.25) is 0 Å². The second kappa shape index (κ2) is 7.87. The molecule has 0 aromatic heterocycles. The van der Waals surface area contributed by atoms with Crippen molar-refractivity contribution < 1.29 is 13.2 Å². The van der Waals surface area contributed by atoms with E-state index in [0.29, 0.717) is 51.4 Å². The number of nitrogens with zero attached hydrogens (tertiary/aromatic N) is 2. The Hall–Kier alpha value is -0.210. The highest BCUT2D eigenvalue weighted by Crippen LogP contribution is 2.21. The lowest BCUT2D eigenvalue weighted by Gasteiger charge is -2.34. The maximum atomic E-state index is 12.6. The van der Waals surface area contributed by atoms with Crippen LogP contribution in [0.4, 0.5) is 0 Å². The summed E-state index contributed by atoms with van der Waals surface area (Å²) in [6.07, 6.45) is 2.68. The van der Waals surface area contributed by atoms with Gasteiger partial charge in [-0.25, -0.2) is 0 Å². The maximum absolute atomic E-state index is 12.6. The zero-order valence-electron chi connectivity index (χ0n) is 13.3. The third-order valence-corrected chi connectivity index (χ3v) is 6.26. The van der Waals surface area contributed by atoms with Crippen molar-refractivity contribution in [2.24, 2.45) is 5.92 Å². The van der Waals surface area contributed by atoms with Crippen LogP contribution in [-0.2, 0) is 14.9 Å². The van der Waals surface area contributed by atoms with Gasteiger partial charge < -0.3 is 10.1 Å². The number of ether oxygens (including phenoxy) is 1. The molecule has 1 N–H and O–H groups in total. The molecule has 2 fully saturated rings. The van der Waals surface area contributed by atoms with Crippen LogP contribution in [0.25, 0.3) is 0 Å². The molecule has 0 aromatic carbocycles. The molecule has 21 heavy (non-hydrogen) atoms. The van der Waals surface area contributed by atoms with Crippen molar-refractivity contribution in [2.45, 2.75) is 39.2 Å². The third kappa shape index (κ3) is 4.89. The number of hydrogen-bond donors (Lipinski definition) is 1. The van der Waals surface area contributed by atoms with Gasteiger partial charge in [0.05, 0.1) is 6.61 Å². The minimum Gasteiger partial charge on any atom is -0.380 e. The normalized spacial score (nSPS) is 24.3. The third-order valence-electron chi connectivity index (χ3n) is 4.22. The first-order valence-electron chi connectivity index (χ1n) is 8.06. The highest BCUT2D eigenvalue weighted by Gasteiger charge is 2.33. The van der Waals surface area contributed by atoms with Crippen LogP contribution in [0.3, 0.4) is 0 Å². The molecule has 2 aliphatic rings. The SMILES string of the molecule is CC(C)NCC1CCN(S(=O)(=O)N2CCCOCC2)CC1. The van der Waals surface area contributed by atoms with Crippen LogP contribution in [-0.4, -0.2) is 69.0 Å². The smallest absolute Gasteiger partial charge is 0.282 e. The number of nitrogens with one attached hydrogen (secondary N) is 1. The standard InChI is InChI=1S/C14H29N3O3S/c1-13(2)15-12-14-4-7-17(8-5-14)21(18,19)16-6-3-10-20-11-9-16/h13-15H,3-12H2,1-2H3. The first-order chi connectivity index (χ1) is 10.00. The number of rotatable bonds is 5. The summed E-state index contributed by atoms with van der Waals surface area (Å²) in [7, 11) is -3.30. The lowest BCUT2D eigenvalue weighted by atomic mass is 9.98. The molecule has 0 saturated carbocycles. The molecule has 0 amide bonds. The van der Waals surface area contributed by atoms with Crippen LogP contribution < -0.4 is 5.32 Å². The van der Waals surface area contributed by atoms with Gasteiger partial charge in [0.1, 0.15) is 0 Å². The molecule has 0 unspecified atom stereocenters. The molecule has 7 heteroatoms. The van der Waals surface area contributed by atoms with Gasteiger partial charge in [-0.15, -0.1) is 0 Å². The van der Waals surface area contributed by atoms with E-state index in [-0.39, 0.29) is 0 Å². The Balaban J connectivity index is 1.85. The van der Waals surface area contributed by atoms with E-state index in [0.717, 1.165) is 25.8 Å². The van der Waals surface area contributed by atoms with E-state index >= 15 is 0 Å². The summed E-state index contributed by atoms with van der Waals surface area (Å²) in [5.41, 5.74) is 0. The van der Waals surface area contributed by atoms with E-state index < -0.39 is 10.2 Å². The molecule has 6 nitrogen and oxygen atoms in total. The van der Waals surface area contributed by atoms with Crippen LogP contribution in [0.1, 0.15) is 33.1 Å². The number of piperidine rings is 1. The minimum atomic E-state index is -3.30. The van der Waals surface area contributed by atoms with Gasteiger partial charge in [-0.1, -0.05) is 13.8 Å². The first kappa shape index (κ1) is 17.1. The van der Waals surface area contributed by atoms with Gasteiger partial charge in [0.2, 0.25) is 0 Å². The molecule has 2 saturated heterocycles. The van der Waals surface area contributed by atoms with E-state index in [4.69, 9.17) is 4.74 Å². The minimum absolute atomic E-state index is 0.483. The summed E-state index contributed by atoms with van der Waals surface area (Å²) < 4.78 is 33.9. The fraction of sp³-hybridized carbons (Fsp3) is 1.00. The molecule has 0 aliphatic carbocycles. The molecular formula is C14H29N3O3S. The van der Waals surface area contributed by atoms with Crippen LogP contribution in [0.2, 0.25) is 0 Å². The van der Waals surface area contributed by atoms with Gasteiger partial charge in [0.25, 0.3) is 10.2 Å². The zero-order chi connectivity index (χ0) is 15.3. The Morgan fingerprint density at radius 2 is 1.76 bits per heavy atom. The second-order valence-corrected chi connectivity index (χ2v) is 8.21. The van der Waals surface area contributed by atoms with E-state index in [1.807, 2.05) is 0 Å². The summed E-state index contributed by atoms with van der Waals surface area (Å²) in [4.78, 5) is 0. The Morgan fingerprint density at radius 1 is 1.10 bits per heavy atom. The molecular weight excluding hydrogens is 290 g/mol. The van der Waals surface area contributed by atoms with Crippen LogP contribution in [0.5, 0.6) is 0 Å². The summed E-state index contributed by atoms with van der Waals surface area (Å²) in [5, 5.41) is 3.45. The van der Waals surface area contributed by atoms with E-state index in [1.54, 1.807) is 8.61 Å². The Labute approximate surface area is 129 Å². The molecule has 2 aliphatic heterocycles. The van der Waals surface area contributed by atoms with Crippen molar-refractivity contribution in [3.63, 3.8) is 0 Å². The lowest BCUT2D eigenvalue weighted by Crippen LogP contribution is -2.48. The lowest BCUT2D eigenvalue weighted by molar-refractivity contribution is 0.147. The van der Waals surface area contributed by atoms with Crippen molar-refractivity contribution in [1.29, 1.82) is 0 Å². The zero-order valence-corrected chi connectivity index (χ0v) is 14.1. The van der Waals surface area contributed by atoms with Crippen LogP contribution in [0, 0.1) is 5.92 Å². The second-order valence-electron chi connectivity index (χ2n) is 6.28. The Bertz CT molecular complexity index is 398. The molecule has 2 heterocycles. The molecule has 0 aromatic rings. The summed E-state index contributed by atoms with van der Waals surface area (Å²) >= 11 is 0. The molecule has 0 spiro atoms. The monoisotopic (exact) mass is 319 g/mol. The van der Waals surface area contributed by atoms with Crippen molar-refractivity contribution >= 4 is 10.2 Å². The summed E-state index contributed by atoms with van der Waals surface area (Å²) in [5.74, 6) is 0.589. The van der Waals surface area contributed by atoms with Gasteiger partial charge in [-0.05, 0) is 31.7 Å². The number of hydrogen-bond acceptors (Lipinski definition) is 4. The predicted molar refractivity (Wildman–Crippen MR) is 83.4 cm³/mol. The van der Waals surface area contributed by atoms with Crippen molar-refractivity contribution in [3.8, 4) is 0 Å². The van der Waals surface area contributed by atoms with Crippen LogP contribution >= 0.6 is 0 Å². The highest BCUT2D eigenvalue weighted by molar-refractivity contribution is 7.86. The average molecular weight is 319 g/mol. The largest absolute Gasteiger partial charge is 0.380 e. The van der Waals surface area contributed by atoms with Crippen molar-refractivity contribution in [3.05, 3.63) is 0 Å². The predicted octanol–water partition coefficient (Wildman–Crippen LogP) is 0.664. The van der Waals surface area contributed by atoms with Crippen molar-refractivity contribution in [2.75, 3.05) is 45.9 Å². The topological polar surface area (TPSA) is 61.9 Å². The van der Waals surface area contributed by atoms with E-state index in [2.05, 4.69) is 19.2 Å². The molecule has 0 bridgehead atoms. The molecule has 2 rings (SSSR count). The van der Waals surface area contributed by atoms with E-state index in [1.165, 1.54) is 0 Å². The molecule has 124 valence electrons. The van der Waals surface area contributed by atoms with E-state index in [9.17, 15) is 8.42 Å². The molecule has 0 radical (unpaired) electrons. The Morgan fingerprint density at radius 3 is 2.43 bits per heavy atom. The van der Waals surface area contributed by atoms with Gasteiger partial charge in [0, 0.05) is 38.8 Å². The fourth-order valence-electron chi connectivity index (χ4n) is 2.86. The van der Waals surface area contributed by atoms with Gasteiger partial charge in [0.15, 0.2) is 0 Å². The average Bonchev–Trinajstić information content (AvgIpc) is 2.75. The highest BCUT2D eigenvalue weighted by atomic mass is 32.2. The quantitative estimate of drug-likeness (QED) is 0.809.